The third-order valence-electron chi connectivity index (χ3n) is 6.66. The fourth-order valence-electron chi connectivity index (χ4n) is 5.00. The number of hydrogen-bond acceptors (Lipinski definition) is 7. The van der Waals surface area contributed by atoms with E-state index in [4.69, 9.17) is 9.57 Å². The first-order chi connectivity index (χ1) is 16.7. The van der Waals surface area contributed by atoms with Gasteiger partial charge in [-0.3, -0.25) is 19.4 Å². The number of nitrogens with zero attached hydrogens (tertiary/aromatic N) is 4. The second-order valence-electron chi connectivity index (χ2n) is 8.57. The van der Waals surface area contributed by atoms with Crippen LogP contribution in [0.3, 0.4) is 0 Å². The highest BCUT2D eigenvalue weighted by Gasteiger charge is 2.60. The molecule has 6 rings (SSSR count). The van der Waals surface area contributed by atoms with Crippen molar-refractivity contribution in [1.82, 2.24) is 4.98 Å². The second kappa shape index (κ2) is 8.55. The van der Waals surface area contributed by atoms with Crippen LogP contribution in [0.2, 0.25) is 0 Å². The van der Waals surface area contributed by atoms with Gasteiger partial charge in [-0.15, -0.1) is 0 Å². The van der Waals surface area contributed by atoms with E-state index in [1.54, 1.807) is 17.5 Å². The fraction of sp³-hybridized carbons (Fsp3) is 0.269. The molecule has 1 aromatic heterocycles. The van der Waals surface area contributed by atoms with Crippen molar-refractivity contribution in [1.29, 1.82) is 0 Å². The third-order valence-corrected chi connectivity index (χ3v) is 6.66. The smallest absolute Gasteiger partial charge is 0.266 e. The molecule has 172 valence electrons. The Kier molecular flexibility index (Phi) is 5.24. The van der Waals surface area contributed by atoms with Crippen LogP contribution in [0.4, 0.5) is 17.1 Å². The lowest BCUT2D eigenvalue weighted by Crippen LogP contribution is -2.38. The topological polar surface area (TPSA) is 75.2 Å². The maximum atomic E-state index is 13.7. The molecule has 0 aliphatic carbocycles. The minimum Gasteiger partial charge on any atom is -0.378 e. The van der Waals surface area contributed by atoms with Crippen molar-refractivity contribution >= 4 is 28.9 Å². The van der Waals surface area contributed by atoms with Gasteiger partial charge in [0, 0.05) is 31.2 Å². The number of para-hydroxylation sites is 1. The van der Waals surface area contributed by atoms with Gasteiger partial charge in [0.2, 0.25) is 5.91 Å². The van der Waals surface area contributed by atoms with Crippen LogP contribution in [0.1, 0.15) is 11.6 Å². The summed E-state index contributed by atoms with van der Waals surface area (Å²) in [5, 5.41) is 1.69. The number of amides is 2. The number of benzene rings is 2. The molecule has 3 aliphatic rings. The highest BCUT2D eigenvalue weighted by Crippen LogP contribution is 2.47. The highest BCUT2D eigenvalue weighted by molar-refractivity contribution is 6.24. The fourth-order valence-corrected chi connectivity index (χ4v) is 5.00. The van der Waals surface area contributed by atoms with Crippen molar-refractivity contribution in [2.24, 2.45) is 5.92 Å². The van der Waals surface area contributed by atoms with Crippen LogP contribution in [0, 0.1) is 5.92 Å². The second-order valence-corrected chi connectivity index (χ2v) is 8.57. The van der Waals surface area contributed by atoms with E-state index in [0.29, 0.717) is 18.9 Å². The Morgan fingerprint density at radius 1 is 0.765 bits per heavy atom. The molecule has 3 aromatic rings. The maximum Gasteiger partial charge on any atom is 0.266 e. The molecular weight excluding hydrogens is 432 g/mol. The SMILES string of the molecule is O=C1[C@@H]2[C@@H](ON(c3ccccc3)[C@H]2c2ccncc2)C(=O)N1c1ccc(N2CCOCC2)cc1. The summed E-state index contributed by atoms with van der Waals surface area (Å²) in [5.74, 6) is -1.25. The number of ether oxygens (including phenoxy) is 1. The molecule has 0 saturated carbocycles. The molecule has 3 saturated heterocycles. The van der Waals surface area contributed by atoms with E-state index in [1.165, 1.54) is 4.90 Å². The Morgan fingerprint density at radius 3 is 2.15 bits per heavy atom. The summed E-state index contributed by atoms with van der Waals surface area (Å²) in [6.45, 7) is 3.03. The summed E-state index contributed by atoms with van der Waals surface area (Å²) in [7, 11) is 0. The van der Waals surface area contributed by atoms with E-state index in [9.17, 15) is 9.59 Å². The van der Waals surface area contributed by atoms with E-state index in [-0.39, 0.29) is 11.8 Å². The van der Waals surface area contributed by atoms with Crippen molar-refractivity contribution in [3.05, 3.63) is 84.7 Å². The first kappa shape index (κ1) is 20.8. The Labute approximate surface area is 197 Å². The number of carbonyl (C=O) groups is 2. The number of hydroxylamine groups is 1. The van der Waals surface area contributed by atoms with Crippen LogP contribution in [0.5, 0.6) is 0 Å². The van der Waals surface area contributed by atoms with Crippen molar-refractivity contribution in [2.45, 2.75) is 12.1 Å². The van der Waals surface area contributed by atoms with E-state index in [0.717, 1.165) is 30.0 Å². The van der Waals surface area contributed by atoms with E-state index >= 15 is 0 Å². The molecule has 8 nitrogen and oxygen atoms in total. The summed E-state index contributed by atoms with van der Waals surface area (Å²) in [6.07, 6.45) is 2.49. The first-order valence-corrected chi connectivity index (χ1v) is 11.4. The number of aromatic nitrogens is 1. The molecule has 4 heterocycles. The van der Waals surface area contributed by atoms with Crippen LogP contribution in [0.25, 0.3) is 0 Å². The number of morpholine rings is 1. The zero-order chi connectivity index (χ0) is 23.1. The Hall–Kier alpha value is -3.75. The van der Waals surface area contributed by atoms with E-state index in [1.807, 2.05) is 66.7 Å². The number of hydrogen-bond donors (Lipinski definition) is 0. The standard InChI is InChI=1S/C26H24N4O4/c31-25-22-23(18-10-12-27-13-11-18)30(21-4-2-1-3-5-21)34-24(22)26(32)29(25)20-8-6-19(7-9-20)28-14-16-33-17-15-28/h1-13,22-24H,14-17H2/t22-,23-,24+/m0/s1. The number of anilines is 3. The number of carbonyl (C=O) groups excluding carboxylic acids is 2. The summed E-state index contributed by atoms with van der Waals surface area (Å²) in [4.78, 5) is 40.9. The Morgan fingerprint density at radius 2 is 1.44 bits per heavy atom. The number of imide groups is 1. The molecule has 0 N–H and O–H groups in total. The van der Waals surface area contributed by atoms with Crippen LogP contribution in [-0.4, -0.2) is 49.2 Å². The highest BCUT2D eigenvalue weighted by atomic mass is 16.7. The van der Waals surface area contributed by atoms with Gasteiger partial charge in [-0.1, -0.05) is 18.2 Å². The van der Waals surface area contributed by atoms with Gasteiger partial charge < -0.3 is 9.64 Å². The van der Waals surface area contributed by atoms with Gasteiger partial charge in [0.25, 0.3) is 5.91 Å². The van der Waals surface area contributed by atoms with Crippen molar-refractivity contribution in [3.63, 3.8) is 0 Å². The molecule has 8 heteroatoms. The van der Waals surface area contributed by atoms with E-state index in [2.05, 4.69) is 9.88 Å². The van der Waals surface area contributed by atoms with Crippen molar-refractivity contribution in [2.75, 3.05) is 41.2 Å². The number of pyridine rings is 1. The van der Waals surface area contributed by atoms with Gasteiger partial charge in [-0.25, -0.2) is 9.96 Å². The predicted octanol–water partition coefficient (Wildman–Crippen LogP) is 2.97. The van der Waals surface area contributed by atoms with Gasteiger partial charge in [0.15, 0.2) is 6.10 Å². The summed E-state index contributed by atoms with van der Waals surface area (Å²) >= 11 is 0. The van der Waals surface area contributed by atoms with Crippen LogP contribution < -0.4 is 14.9 Å². The van der Waals surface area contributed by atoms with Gasteiger partial charge in [-0.2, -0.15) is 0 Å². The molecule has 3 atom stereocenters. The average Bonchev–Trinajstić information content (AvgIpc) is 3.41. The average molecular weight is 457 g/mol. The molecule has 0 radical (unpaired) electrons. The Balaban J connectivity index is 1.32. The number of fused-ring (bicyclic) bond motifs is 1. The zero-order valence-corrected chi connectivity index (χ0v) is 18.5. The lowest BCUT2D eigenvalue weighted by atomic mass is 9.91. The minimum absolute atomic E-state index is 0.255. The van der Waals surface area contributed by atoms with Crippen LogP contribution in [-0.2, 0) is 19.2 Å². The Bertz CT molecular complexity index is 1180. The maximum absolute atomic E-state index is 13.7. The molecule has 2 amide bonds. The van der Waals surface area contributed by atoms with Crippen LogP contribution >= 0.6 is 0 Å². The monoisotopic (exact) mass is 456 g/mol. The minimum atomic E-state index is -0.884. The largest absolute Gasteiger partial charge is 0.378 e. The molecule has 2 aromatic carbocycles. The molecule has 0 bridgehead atoms. The molecule has 3 fully saturated rings. The van der Waals surface area contributed by atoms with Crippen molar-refractivity contribution < 1.29 is 19.2 Å². The zero-order valence-electron chi connectivity index (χ0n) is 18.5. The molecule has 0 unspecified atom stereocenters. The van der Waals surface area contributed by atoms with Gasteiger partial charge in [0.1, 0.15) is 5.92 Å². The molecule has 3 aliphatic heterocycles. The van der Waals surface area contributed by atoms with Gasteiger partial charge >= 0.3 is 0 Å². The normalized spacial score (nSPS) is 24.6. The van der Waals surface area contributed by atoms with Crippen molar-refractivity contribution in [3.8, 4) is 0 Å². The van der Waals surface area contributed by atoms with Gasteiger partial charge in [-0.05, 0) is 54.1 Å². The van der Waals surface area contributed by atoms with E-state index < -0.39 is 18.1 Å². The number of rotatable bonds is 4. The van der Waals surface area contributed by atoms with Crippen LogP contribution in [0.15, 0.2) is 79.1 Å². The lowest BCUT2D eigenvalue weighted by Gasteiger charge is -2.30. The molecule has 34 heavy (non-hydrogen) atoms. The molecular formula is C26H24N4O4. The quantitative estimate of drug-likeness (QED) is 0.559. The summed E-state index contributed by atoms with van der Waals surface area (Å²) in [6, 6.07) is 20.4. The predicted molar refractivity (Wildman–Crippen MR) is 126 cm³/mol. The lowest BCUT2D eigenvalue weighted by molar-refractivity contribution is -0.126. The summed E-state index contributed by atoms with van der Waals surface area (Å²) in [5.41, 5.74) is 3.27. The molecule has 0 spiro atoms. The first-order valence-electron chi connectivity index (χ1n) is 11.4. The third kappa shape index (κ3) is 3.43. The summed E-state index contributed by atoms with van der Waals surface area (Å²) < 4.78 is 5.42. The van der Waals surface area contributed by atoms with Gasteiger partial charge in [0.05, 0.1) is 30.6 Å².